The van der Waals surface area contributed by atoms with Crippen molar-refractivity contribution in [1.29, 1.82) is 0 Å². The number of hydrazine groups is 1. The molecular weight excluding hydrogens is 570 g/mol. The minimum absolute atomic E-state index is 0.0470. The number of phenols is 1. The fraction of sp³-hybridized carbons (Fsp3) is 0.103. The number of alkyl halides is 1. The number of anilines is 1. The summed E-state index contributed by atoms with van der Waals surface area (Å²) in [4.78, 5) is 24.9. The van der Waals surface area contributed by atoms with Crippen LogP contribution in [0.25, 0.3) is 0 Å². The molecule has 2 amide bonds. The molecule has 4 aromatic carbocycles. The van der Waals surface area contributed by atoms with E-state index in [1.807, 2.05) is 66.7 Å². The highest BCUT2D eigenvalue weighted by atomic mass is 79.9. The first-order valence-electron chi connectivity index (χ1n) is 11.8. The van der Waals surface area contributed by atoms with Crippen LogP contribution in [0.5, 0.6) is 17.2 Å². The molecule has 0 spiro atoms. The molecule has 38 heavy (non-hydrogen) atoms. The first-order valence-corrected chi connectivity index (χ1v) is 13.0. The van der Waals surface area contributed by atoms with Gasteiger partial charge in [-0.15, -0.1) is 11.6 Å². The first kappa shape index (κ1) is 25.6. The Hall–Kier alpha value is -4.01. The predicted octanol–water partition coefficient (Wildman–Crippen LogP) is 6.27. The minimum Gasteiger partial charge on any atom is -0.507 e. The van der Waals surface area contributed by atoms with Crippen molar-refractivity contribution < 1.29 is 19.4 Å². The summed E-state index contributed by atoms with van der Waals surface area (Å²) in [6, 6.07) is 29.5. The van der Waals surface area contributed by atoms with Crippen LogP contribution in [0, 0.1) is 0 Å². The normalized spacial score (nSPS) is 18.4. The average molecular weight is 593 g/mol. The zero-order chi connectivity index (χ0) is 26.7. The number of amides is 2. The number of rotatable bonds is 8. The van der Waals surface area contributed by atoms with Crippen molar-refractivity contribution in [2.45, 2.75) is 10.9 Å². The van der Waals surface area contributed by atoms with Gasteiger partial charge in [-0.1, -0.05) is 58.4 Å². The summed E-state index contributed by atoms with van der Waals surface area (Å²) < 4.78 is 6.82. The molecular formula is C29H23BrClN3O4. The lowest BCUT2D eigenvalue weighted by atomic mass is 9.82. The van der Waals surface area contributed by atoms with Gasteiger partial charge < -0.3 is 15.2 Å². The van der Waals surface area contributed by atoms with E-state index in [-0.39, 0.29) is 17.9 Å². The number of benzene rings is 4. The molecule has 2 atom stereocenters. The summed E-state index contributed by atoms with van der Waals surface area (Å²) in [6.07, 6.45) is 0. The molecule has 9 heteroatoms. The van der Waals surface area contributed by atoms with Gasteiger partial charge in [0.05, 0.1) is 5.56 Å². The van der Waals surface area contributed by atoms with E-state index >= 15 is 0 Å². The molecule has 2 unspecified atom stereocenters. The van der Waals surface area contributed by atoms with Crippen molar-refractivity contribution in [3.05, 3.63) is 119 Å². The molecule has 0 radical (unpaired) electrons. The molecule has 7 nitrogen and oxygen atoms in total. The largest absolute Gasteiger partial charge is 0.507 e. The van der Waals surface area contributed by atoms with E-state index in [1.165, 1.54) is 17.1 Å². The van der Waals surface area contributed by atoms with Crippen molar-refractivity contribution in [2.24, 2.45) is 0 Å². The molecule has 3 N–H and O–H groups in total. The SMILES string of the molecule is O=C(NN1C(=O)C(Cl)(CNc2ccc(Br)cc2)C1c1ccc(Oc2ccccc2)cc1)c1ccccc1O. The molecule has 0 aromatic heterocycles. The number of phenolic OH excluding ortho intramolecular Hbond substituents is 1. The van der Waals surface area contributed by atoms with Gasteiger partial charge in [0, 0.05) is 16.7 Å². The fourth-order valence-corrected chi connectivity index (χ4v) is 4.90. The Morgan fingerprint density at radius 2 is 1.55 bits per heavy atom. The standard InChI is InChI=1S/C29H23BrClN3O4/c30-20-12-14-21(15-13-20)32-18-29(31)26(19-10-16-23(17-11-19)38-22-6-2-1-3-7-22)34(28(29)37)33-27(36)24-8-4-5-9-25(24)35/h1-17,26,32,35H,18H2,(H,33,36). The van der Waals surface area contributed by atoms with Gasteiger partial charge in [-0.2, -0.15) is 0 Å². The summed E-state index contributed by atoms with van der Waals surface area (Å²) in [5.74, 6) is 0.0303. The highest BCUT2D eigenvalue weighted by Crippen LogP contribution is 2.47. The first-order chi connectivity index (χ1) is 18.3. The van der Waals surface area contributed by atoms with Crippen molar-refractivity contribution in [2.75, 3.05) is 11.9 Å². The second-order valence-electron chi connectivity index (χ2n) is 8.74. The molecule has 192 valence electrons. The van der Waals surface area contributed by atoms with Gasteiger partial charge >= 0.3 is 0 Å². The number of halogens is 2. The quantitative estimate of drug-likeness (QED) is 0.166. The Morgan fingerprint density at radius 3 is 2.24 bits per heavy atom. The molecule has 1 heterocycles. The molecule has 5 rings (SSSR count). The number of para-hydroxylation sites is 2. The topological polar surface area (TPSA) is 90.9 Å². The van der Waals surface area contributed by atoms with Gasteiger partial charge in [-0.05, 0) is 66.2 Å². The van der Waals surface area contributed by atoms with Crippen LogP contribution in [0.3, 0.4) is 0 Å². The number of carbonyl (C=O) groups excluding carboxylic acids is 2. The number of nitrogens with zero attached hydrogens (tertiary/aromatic N) is 1. The number of ether oxygens (including phenoxy) is 1. The van der Waals surface area contributed by atoms with Crippen molar-refractivity contribution >= 4 is 45.0 Å². The monoisotopic (exact) mass is 591 g/mol. The van der Waals surface area contributed by atoms with E-state index in [0.29, 0.717) is 17.1 Å². The Kier molecular flexibility index (Phi) is 7.26. The molecule has 1 aliphatic heterocycles. The Morgan fingerprint density at radius 1 is 0.921 bits per heavy atom. The van der Waals surface area contributed by atoms with E-state index in [4.69, 9.17) is 16.3 Å². The zero-order valence-electron chi connectivity index (χ0n) is 20.0. The summed E-state index contributed by atoms with van der Waals surface area (Å²) in [7, 11) is 0. The van der Waals surface area contributed by atoms with Crippen molar-refractivity contribution in [3.8, 4) is 17.2 Å². The van der Waals surface area contributed by atoms with Gasteiger partial charge in [0.1, 0.15) is 23.3 Å². The zero-order valence-corrected chi connectivity index (χ0v) is 22.3. The summed E-state index contributed by atoms with van der Waals surface area (Å²) in [5.41, 5.74) is 4.17. The Balaban J connectivity index is 1.40. The second-order valence-corrected chi connectivity index (χ2v) is 10.3. The van der Waals surface area contributed by atoms with Crippen LogP contribution in [-0.4, -0.2) is 33.3 Å². The molecule has 1 saturated heterocycles. The van der Waals surface area contributed by atoms with Crippen LogP contribution in [-0.2, 0) is 4.79 Å². The summed E-state index contributed by atoms with van der Waals surface area (Å²) in [5, 5.41) is 14.5. The van der Waals surface area contributed by atoms with Crippen LogP contribution >= 0.6 is 27.5 Å². The molecule has 1 fully saturated rings. The lowest BCUT2D eigenvalue weighted by Gasteiger charge is -2.52. The third-order valence-corrected chi connectivity index (χ3v) is 7.24. The molecule has 0 saturated carbocycles. The van der Waals surface area contributed by atoms with Crippen LogP contribution in [0.4, 0.5) is 5.69 Å². The lowest BCUT2D eigenvalue weighted by molar-refractivity contribution is -0.157. The molecule has 1 aliphatic rings. The molecule has 4 aromatic rings. The number of hydrogen-bond donors (Lipinski definition) is 3. The van der Waals surface area contributed by atoms with E-state index in [0.717, 1.165) is 10.2 Å². The third kappa shape index (κ3) is 5.18. The van der Waals surface area contributed by atoms with Gasteiger partial charge in [0.25, 0.3) is 11.8 Å². The van der Waals surface area contributed by atoms with E-state index < -0.39 is 22.7 Å². The summed E-state index contributed by atoms with van der Waals surface area (Å²) in [6.45, 7) is 0.116. The lowest BCUT2D eigenvalue weighted by Crippen LogP contribution is -2.72. The number of carbonyl (C=O) groups is 2. The van der Waals surface area contributed by atoms with Crippen LogP contribution in [0.2, 0.25) is 0 Å². The maximum Gasteiger partial charge on any atom is 0.273 e. The van der Waals surface area contributed by atoms with Crippen molar-refractivity contribution in [3.63, 3.8) is 0 Å². The highest BCUT2D eigenvalue weighted by Gasteiger charge is 2.61. The maximum absolute atomic E-state index is 13.3. The number of aromatic hydroxyl groups is 1. The Bertz CT molecular complexity index is 1450. The van der Waals surface area contributed by atoms with E-state index in [9.17, 15) is 14.7 Å². The number of nitrogens with one attached hydrogen (secondary N) is 2. The van der Waals surface area contributed by atoms with Crippen LogP contribution in [0.1, 0.15) is 22.0 Å². The number of hydrogen-bond acceptors (Lipinski definition) is 5. The van der Waals surface area contributed by atoms with Gasteiger partial charge in [-0.25, -0.2) is 5.01 Å². The van der Waals surface area contributed by atoms with Gasteiger partial charge in [0.2, 0.25) is 0 Å². The fourth-order valence-electron chi connectivity index (χ4n) is 4.25. The average Bonchev–Trinajstić information content (AvgIpc) is 2.94. The third-order valence-electron chi connectivity index (χ3n) is 6.21. The van der Waals surface area contributed by atoms with Crippen LogP contribution < -0.4 is 15.5 Å². The van der Waals surface area contributed by atoms with Gasteiger partial charge in [0.15, 0.2) is 4.87 Å². The minimum atomic E-state index is -1.37. The Labute approximate surface area is 233 Å². The van der Waals surface area contributed by atoms with E-state index in [2.05, 4.69) is 26.7 Å². The summed E-state index contributed by atoms with van der Waals surface area (Å²) >= 11 is 10.4. The van der Waals surface area contributed by atoms with E-state index in [1.54, 1.807) is 24.3 Å². The van der Waals surface area contributed by atoms with Gasteiger partial charge in [-0.3, -0.25) is 15.0 Å². The smallest absolute Gasteiger partial charge is 0.273 e. The van der Waals surface area contributed by atoms with Crippen LogP contribution in [0.15, 0.2) is 108 Å². The van der Waals surface area contributed by atoms with Crippen molar-refractivity contribution in [1.82, 2.24) is 10.4 Å². The molecule has 0 bridgehead atoms. The second kappa shape index (κ2) is 10.8. The maximum atomic E-state index is 13.3. The predicted molar refractivity (Wildman–Crippen MR) is 149 cm³/mol. The highest BCUT2D eigenvalue weighted by molar-refractivity contribution is 9.10. The molecule has 0 aliphatic carbocycles. The number of β-lactam (4-membered cyclic amide) rings is 1.